The largest absolute Gasteiger partial charge is 0.493 e. The molecule has 0 aromatic heterocycles. The van der Waals surface area contributed by atoms with Crippen LogP contribution in [0, 0.1) is 0 Å². The molecule has 0 saturated heterocycles. The number of carbonyl (C=O) groups is 1. The number of ether oxygens (including phenoxy) is 2. The van der Waals surface area contributed by atoms with E-state index in [0.717, 1.165) is 17.7 Å². The molecule has 0 bridgehead atoms. The lowest BCUT2D eigenvalue weighted by atomic mass is 10.0. The summed E-state index contributed by atoms with van der Waals surface area (Å²) < 4.78 is 49.2. The molecular weight excluding hydrogens is 451 g/mol. The molecule has 1 atom stereocenters. The van der Waals surface area contributed by atoms with Gasteiger partial charge in [-0.05, 0) is 49.7 Å². The van der Waals surface area contributed by atoms with Crippen LogP contribution in [0.5, 0.6) is 11.5 Å². The number of methoxy groups -OCH3 is 2. The molecule has 2 amide bonds. The molecular formula is C24H28F3N3O4. The highest BCUT2D eigenvalue weighted by molar-refractivity contribution is 6.01. The first-order valence-electron chi connectivity index (χ1n) is 10.8. The number of hydrogen-bond acceptors (Lipinski definition) is 5. The second kappa shape index (κ2) is 10.7. The maximum Gasteiger partial charge on any atom is 0.416 e. The van der Waals surface area contributed by atoms with Crippen molar-refractivity contribution in [2.24, 2.45) is 5.16 Å². The van der Waals surface area contributed by atoms with E-state index in [1.165, 1.54) is 17.0 Å². The third-order valence-electron chi connectivity index (χ3n) is 5.23. The summed E-state index contributed by atoms with van der Waals surface area (Å²) in [4.78, 5) is 19.9. The Balaban J connectivity index is 1.70. The number of hydrogen-bond donors (Lipinski definition) is 1. The Morgan fingerprint density at radius 1 is 1.15 bits per heavy atom. The highest BCUT2D eigenvalue weighted by atomic mass is 19.4. The van der Waals surface area contributed by atoms with Crippen LogP contribution in [-0.4, -0.2) is 49.6 Å². The highest BCUT2D eigenvalue weighted by Crippen LogP contribution is 2.31. The number of carbonyl (C=O) groups excluding carboxylic acids is 1. The molecule has 34 heavy (non-hydrogen) atoms. The Bertz CT molecular complexity index is 1020. The number of halogens is 3. The molecule has 0 radical (unpaired) electrons. The van der Waals surface area contributed by atoms with Crippen molar-refractivity contribution in [3.63, 3.8) is 0 Å². The van der Waals surface area contributed by atoms with E-state index >= 15 is 0 Å². The fourth-order valence-electron chi connectivity index (χ4n) is 3.54. The molecule has 1 N–H and O–H groups in total. The van der Waals surface area contributed by atoms with Crippen LogP contribution in [0.4, 0.5) is 18.0 Å². The van der Waals surface area contributed by atoms with Crippen LogP contribution in [0.1, 0.15) is 37.0 Å². The fraction of sp³-hybridized carbons (Fsp3) is 0.417. The minimum absolute atomic E-state index is 0.106. The quantitative estimate of drug-likeness (QED) is 0.589. The Labute approximate surface area is 196 Å². The molecule has 0 saturated carbocycles. The Kier molecular flexibility index (Phi) is 7.90. The third-order valence-corrected chi connectivity index (χ3v) is 5.23. The molecule has 2 aromatic rings. The van der Waals surface area contributed by atoms with Crippen molar-refractivity contribution in [1.82, 2.24) is 10.2 Å². The number of urea groups is 1. The average Bonchev–Trinajstić information content (AvgIpc) is 3.26. The number of rotatable bonds is 8. The van der Waals surface area contributed by atoms with E-state index in [4.69, 9.17) is 14.3 Å². The summed E-state index contributed by atoms with van der Waals surface area (Å²) in [5.41, 5.74) is 1.35. The van der Waals surface area contributed by atoms with Crippen molar-refractivity contribution in [1.29, 1.82) is 0 Å². The minimum Gasteiger partial charge on any atom is -0.493 e. The van der Waals surface area contributed by atoms with Crippen LogP contribution in [0.25, 0.3) is 0 Å². The van der Waals surface area contributed by atoms with Crippen LogP contribution in [0.2, 0.25) is 0 Å². The van der Waals surface area contributed by atoms with Gasteiger partial charge in [0.05, 0.1) is 32.0 Å². The summed E-state index contributed by atoms with van der Waals surface area (Å²) >= 11 is 0. The van der Waals surface area contributed by atoms with Gasteiger partial charge in [0.1, 0.15) is 0 Å². The normalized spacial score (nSPS) is 15.5. The lowest BCUT2D eigenvalue weighted by Gasteiger charge is -2.26. The molecule has 1 aliphatic heterocycles. The lowest BCUT2D eigenvalue weighted by Crippen LogP contribution is -2.45. The van der Waals surface area contributed by atoms with Crippen LogP contribution in [-0.2, 0) is 17.6 Å². The molecule has 0 spiro atoms. The fourth-order valence-corrected chi connectivity index (χ4v) is 3.54. The Morgan fingerprint density at radius 2 is 1.82 bits per heavy atom. The van der Waals surface area contributed by atoms with E-state index in [0.29, 0.717) is 29.2 Å². The molecule has 10 heteroatoms. The minimum atomic E-state index is -4.41. The van der Waals surface area contributed by atoms with Gasteiger partial charge in [0, 0.05) is 24.6 Å². The zero-order valence-electron chi connectivity index (χ0n) is 19.5. The first-order chi connectivity index (χ1) is 16.1. The van der Waals surface area contributed by atoms with Crippen molar-refractivity contribution in [3.05, 3.63) is 59.2 Å². The summed E-state index contributed by atoms with van der Waals surface area (Å²) in [5, 5.41) is 7.00. The second-order valence-corrected chi connectivity index (χ2v) is 8.22. The number of benzene rings is 2. The number of oxime groups is 1. The van der Waals surface area contributed by atoms with Gasteiger partial charge in [-0.3, -0.25) is 0 Å². The van der Waals surface area contributed by atoms with Crippen LogP contribution in [0.3, 0.4) is 0 Å². The van der Waals surface area contributed by atoms with Crippen molar-refractivity contribution < 1.29 is 32.3 Å². The van der Waals surface area contributed by atoms with Crippen molar-refractivity contribution >= 4 is 11.7 Å². The maximum atomic E-state index is 12.9. The van der Waals surface area contributed by atoms with Gasteiger partial charge in [-0.15, -0.1) is 0 Å². The van der Waals surface area contributed by atoms with Gasteiger partial charge in [0.25, 0.3) is 0 Å². The Hall–Kier alpha value is -3.43. The van der Waals surface area contributed by atoms with Crippen molar-refractivity contribution in [2.45, 2.75) is 45.1 Å². The van der Waals surface area contributed by atoms with Crippen molar-refractivity contribution in [3.8, 4) is 11.5 Å². The third kappa shape index (κ3) is 6.33. The summed E-state index contributed by atoms with van der Waals surface area (Å²) in [6.45, 7) is 4.00. The number of alkyl halides is 3. The Morgan fingerprint density at radius 3 is 2.41 bits per heavy atom. The molecule has 0 aliphatic carbocycles. The summed E-state index contributed by atoms with van der Waals surface area (Å²) in [6.07, 6.45) is -4.37. The topological polar surface area (TPSA) is 72.4 Å². The summed E-state index contributed by atoms with van der Waals surface area (Å²) in [7, 11) is 3.10. The number of nitrogens with zero attached hydrogens (tertiary/aromatic N) is 2. The van der Waals surface area contributed by atoms with E-state index < -0.39 is 17.8 Å². The first kappa shape index (κ1) is 25.2. The molecule has 7 nitrogen and oxygen atoms in total. The predicted octanol–water partition coefficient (Wildman–Crippen LogP) is 4.84. The van der Waals surface area contributed by atoms with Crippen LogP contribution >= 0.6 is 0 Å². The average molecular weight is 479 g/mol. The predicted molar refractivity (Wildman–Crippen MR) is 121 cm³/mol. The monoisotopic (exact) mass is 479 g/mol. The van der Waals surface area contributed by atoms with E-state index in [1.54, 1.807) is 26.4 Å². The van der Waals surface area contributed by atoms with Gasteiger partial charge in [-0.25, -0.2) is 4.79 Å². The number of nitrogens with one attached hydrogen (secondary N) is 1. The van der Waals surface area contributed by atoms with Gasteiger partial charge in [-0.1, -0.05) is 17.3 Å². The van der Waals surface area contributed by atoms with Gasteiger partial charge < -0.3 is 24.5 Å². The van der Waals surface area contributed by atoms with Crippen molar-refractivity contribution in [2.75, 3.05) is 20.8 Å². The zero-order chi connectivity index (χ0) is 24.9. The summed E-state index contributed by atoms with van der Waals surface area (Å²) in [5.74, 6) is 1.15. The maximum absolute atomic E-state index is 12.9. The molecule has 1 aliphatic rings. The molecule has 3 rings (SSSR count). The molecule has 1 heterocycles. The van der Waals surface area contributed by atoms with Gasteiger partial charge in [0.2, 0.25) is 0 Å². The SMILES string of the molecule is COc1ccc(C2=NO[C@@H](CN(Cc3ccc(C(F)(F)F)cc3)C(=O)NC(C)C)C2)cc1OC. The second-order valence-electron chi connectivity index (χ2n) is 8.22. The highest BCUT2D eigenvalue weighted by Gasteiger charge is 2.31. The van der Waals surface area contributed by atoms with Gasteiger partial charge >= 0.3 is 12.2 Å². The number of amides is 2. The standard InChI is InChI=1S/C24H28F3N3O4/c1-15(2)28-23(31)30(13-16-5-8-18(9-6-16)24(25,26)27)14-19-12-20(29-34-19)17-7-10-21(32-3)22(11-17)33-4/h5-11,15,19H,12-14H2,1-4H3,(H,28,31)/t19-/m1/s1. The molecule has 0 fully saturated rings. The summed E-state index contributed by atoms with van der Waals surface area (Å²) in [6, 6.07) is 9.75. The van der Waals surface area contributed by atoms with E-state index in [9.17, 15) is 18.0 Å². The zero-order valence-corrected chi connectivity index (χ0v) is 19.5. The van der Waals surface area contributed by atoms with Crippen LogP contribution in [0.15, 0.2) is 47.6 Å². The molecule has 0 unspecified atom stereocenters. The van der Waals surface area contributed by atoms with E-state index in [2.05, 4.69) is 10.5 Å². The van der Waals surface area contributed by atoms with Crippen LogP contribution < -0.4 is 14.8 Å². The van der Waals surface area contributed by atoms with E-state index in [1.807, 2.05) is 19.9 Å². The smallest absolute Gasteiger partial charge is 0.416 e. The molecule has 2 aromatic carbocycles. The molecule has 184 valence electrons. The van der Waals surface area contributed by atoms with Gasteiger partial charge in [-0.2, -0.15) is 13.2 Å². The van der Waals surface area contributed by atoms with E-state index in [-0.39, 0.29) is 25.2 Å². The lowest BCUT2D eigenvalue weighted by molar-refractivity contribution is -0.137. The van der Waals surface area contributed by atoms with Gasteiger partial charge in [0.15, 0.2) is 17.6 Å². The first-order valence-corrected chi connectivity index (χ1v) is 10.8.